The van der Waals surface area contributed by atoms with Crippen molar-refractivity contribution in [2.75, 3.05) is 17.7 Å². The summed E-state index contributed by atoms with van der Waals surface area (Å²) in [6.45, 7) is 0. The number of hydrogen-bond donors (Lipinski definition) is 3. The van der Waals surface area contributed by atoms with Crippen molar-refractivity contribution in [3.8, 4) is 5.75 Å². The largest absolute Gasteiger partial charge is 0.497 e. The molecule has 0 saturated heterocycles. The van der Waals surface area contributed by atoms with Crippen LogP contribution < -0.4 is 20.9 Å². The van der Waals surface area contributed by atoms with Crippen LogP contribution in [0.3, 0.4) is 0 Å². The van der Waals surface area contributed by atoms with Gasteiger partial charge in [0.25, 0.3) is 5.91 Å². The zero-order chi connectivity index (χ0) is 19.9. The third kappa shape index (κ3) is 5.27. The summed E-state index contributed by atoms with van der Waals surface area (Å²) in [7, 11) is 1.58. The first-order valence-electron chi connectivity index (χ1n) is 8.42. The summed E-state index contributed by atoms with van der Waals surface area (Å²) in [5.41, 5.74) is 1.46. The van der Waals surface area contributed by atoms with Gasteiger partial charge in [0.2, 0.25) is 11.5 Å². The van der Waals surface area contributed by atoms with Crippen LogP contribution in [0.5, 0.6) is 5.75 Å². The van der Waals surface area contributed by atoms with Crippen molar-refractivity contribution in [2.45, 2.75) is 12.8 Å². The second-order valence-electron chi connectivity index (χ2n) is 5.82. The van der Waals surface area contributed by atoms with E-state index in [1.54, 1.807) is 36.8 Å². The number of thiazole rings is 1. The highest BCUT2D eigenvalue weighted by atomic mass is 32.1. The molecule has 0 radical (unpaired) electrons. The monoisotopic (exact) mass is 398 g/mol. The third-order valence-electron chi connectivity index (χ3n) is 3.80. The molecule has 28 heavy (non-hydrogen) atoms. The molecule has 0 aliphatic rings. The number of methoxy groups -OCH3 is 1. The summed E-state index contributed by atoms with van der Waals surface area (Å²) >= 11 is 1.27. The third-order valence-corrected chi connectivity index (χ3v) is 4.61. The zero-order valence-corrected chi connectivity index (χ0v) is 15.8. The average molecular weight is 398 g/mol. The second-order valence-corrected chi connectivity index (χ2v) is 6.67. The van der Waals surface area contributed by atoms with Crippen molar-refractivity contribution in [1.82, 2.24) is 9.97 Å². The lowest BCUT2D eigenvalue weighted by molar-refractivity contribution is -0.116. The minimum Gasteiger partial charge on any atom is -0.497 e. The molecule has 2 amide bonds. The molecule has 0 saturated carbocycles. The van der Waals surface area contributed by atoms with Crippen molar-refractivity contribution in [1.29, 1.82) is 0 Å². The number of anilines is 2. The fourth-order valence-corrected chi connectivity index (χ4v) is 3.08. The molecule has 0 spiro atoms. The first-order valence-corrected chi connectivity index (χ1v) is 9.30. The number of benzene rings is 1. The topological polar surface area (TPSA) is 113 Å². The molecular formula is C19H18N4O4S. The normalized spacial score (nSPS) is 10.3. The van der Waals surface area contributed by atoms with Gasteiger partial charge in [-0.2, -0.15) is 0 Å². The summed E-state index contributed by atoms with van der Waals surface area (Å²) in [6, 6.07) is 9.80. The molecule has 9 heteroatoms. The molecule has 1 aromatic carbocycles. The van der Waals surface area contributed by atoms with Gasteiger partial charge in [0.05, 0.1) is 18.4 Å². The summed E-state index contributed by atoms with van der Waals surface area (Å²) in [5, 5.41) is 7.71. The van der Waals surface area contributed by atoms with Crippen LogP contribution in [0.15, 0.2) is 52.8 Å². The number of ether oxygens (including phenoxy) is 1. The summed E-state index contributed by atoms with van der Waals surface area (Å²) in [5.74, 6) is 0.225. The summed E-state index contributed by atoms with van der Waals surface area (Å²) in [6.07, 6.45) is 2.06. The maximum atomic E-state index is 12.1. The Morgan fingerprint density at radius 2 is 1.93 bits per heavy atom. The lowest BCUT2D eigenvalue weighted by atomic mass is 10.2. The molecule has 3 rings (SSSR count). The van der Waals surface area contributed by atoms with Crippen LogP contribution in [0, 0.1) is 0 Å². The molecule has 0 aliphatic heterocycles. The van der Waals surface area contributed by atoms with Gasteiger partial charge in [0, 0.05) is 29.8 Å². The standard InChI is InChI=1S/C19H18N4O4S/c1-27-15-6-3-13(4-7-15)21-17(25)9-5-14-11-28-19(22-14)23-18(26)12-2-8-16(24)20-10-12/h2-4,6-8,10-11H,5,9H2,1H3,(H,20,24)(H,21,25)(H,22,23,26). The molecule has 0 aliphatic carbocycles. The van der Waals surface area contributed by atoms with Crippen molar-refractivity contribution in [3.63, 3.8) is 0 Å². The van der Waals surface area contributed by atoms with Crippen molar-refractivity contribution in [2.24, 2.45) is 0 Å². The van der Waals surface area contributed by atoms with Crippen LogP contribution >= 0.6 is 11.3 Å². The van der Waals surface area contributed by atoms with E-state index in [9.17, 15) is 14.4 Å². The Labute approximate surface area is 164 Å². The fourth-order valence-electron chi connectivity index (χ4n) is 2.34. The van der Waals surface area contributed by atoms with Crippen LogP contribution in [0.4, 0.5) is 10.8 Å². The van der Waals surface area contributed by atoms with E-state index in [0.29, 0.717) is 28.5 Å². The van der Waals surface area contributed by atoms with Gasteiger partial charge in [-0.05, 0) is 36.8 Å². The molecule has 0 fully saturated rings. The molecule has 144 valence electrons. The van der Waals surface area contributed by atoms with Gasteiger partial charge < -0.3 is 15.0 Å². The van der Waals surface area contributed by atoms with Gasteiger partial charge in [0.15, 0.2) is 5.13 Å². The van der Waals surface area contributed by atoms with E-state index in [-0.39, 0.29) is 23.8 Å². The van der Waals surface area contributed by atoms with E-state index >= 15 is 0 Å². The number of aromatic nitrogens is 2. The minimum absolute atomic E-state index is 0.128. The molecule has 0 atom stereocenters. The first kappa shape index (κ1) is 19.3. The Morgan fingerprint density at radius 1 is 1.14 bits per heavy atom. The number of carbonyl (C=O) groups excluding carboxylic acids is 2. The Bertz CT molecular complexity index is 1010. The molecule has 3 aromatic rings. The molecule has 2 aromatic heterocycles. The number of pyridine rings is 1. The highest BCUT2D eigenvalue weighted by Crippen LogP contribution is 2.18. The molecule has 0 bridgehead atoms. The van der Waals surface area contributed by atoms with Crippen molar-refractivity contribution in [3.05, 3.63) is 69.6 Å². The summed E-state index contributed by atoms with van der Waals surface area (Å²) in [4.78, 5) is 42.0. The van der Waals surface area contributed by atoms with Gasteiger partial charge in [-0.15, -0.1) is 11.3 Å². The number of nitrogens with one attached hydrogen (secondary N) is 3. The predicted molar refractivity (Wildman–Crippen MR) is 107 cm³/mol. The van der Waals surface area contributed by atoms with Crippen LogP contribution in [-0.4, -0.2) is 28.9 Å². The number of amides is 2. The number of aryl methyl sites for hydroxylation is 1. The average Bonchev–Trinajstić information content (AvgIpc) is 3.15. The van der Waals surface area contributed by atoms with Gasteiger partial charge in [0.1, 0.15) is 5.75 Å². The van der Waals surface area contributed by atoms with Gasteiger partial charge in [-0.3, -0.25) is 19.7 Å². The van der Waals surface area contributed by atoms with Gasteiger partial charge in [-0.1, -0.05) is 0 Å². The Balaban J connectivity index is 1.49. The molecule has 8 nitrogen and oxygen atoms in total. The molecule has 0 unspecified atom stereocenters. The van der Waals surface area contributed by atoms with Crippen molar-refractivity contribution >= 4 is 34.0 Å². The van der Waals surface area contributed by atoms with Crippen molar-refractivity contribution < 1.29 is 14.3 Å². The van der Waals surface area contributed by atoms with E-state index in [0.717, 1.165) is 5.75 Å². The number of carbonyl (C=O) groups is 2. The number of aromatic amines is 1. The van der Waals surface area contributed by atoms with E-state index in [1.807, 2.05) is 0 Å². The maximum Gasteiger partial charge on any atom is 0.258 e. The Morgan fingerprint density at radius 3 is 2.61 bits per heavy atom. The Hall–Kier alpha value is -3.46. The fraction of sp³-hybridized carbons (Fsp3) is 0.158. The van der Waals surface area contributed by atoms with Gasteiger partial charge in [-0.25, -0.2) is 4.98 Å². The molecule has 2 heterocycles. The summed E-state index contributed by atoms with van der Waals surface area (Å²) < 4.78 is 5.08. The smallest absolute Gasteiger partial charge is 0.258 e. The van der Waals surface area contributed by atoms with Crippen LogP contribution in [0.25, 0.3) is 0 Å². The van der Waals surface area contributed by atoms with E-state index < -0.39 is 0 Å². The second kappa shape index (κ2) is 8.96. The number of nitrogens with zero attached hydrogens (tertiary/aromatic N) is 1. The van der Waals surface area contributed by atoms with Crippen LogP contribution in [0.2, 0.25) is 0 Å². The van der Waals surface area contributed by atoms with Crippen LogP contribution in [0.1, 0.15) is 22.5 Å². The predicted octanol–water partition coefficient (Wildman–Crippen LogP) is 2.66. The van der Waals surface area contributed by atoms with E-state index in [4.69, 9.17) is 4.74 Å². The number of hydrogen-bond acceptors (Lipinski definition) is 6. The lowest BCUT2D eigenvalue weighted by Crippen LogP contribution is -2.14. The SMILES string of the molecule is COc1ccc(NC(=O)CCc2csc(NC(=O)c3ccc(=O)[nH]c3)n2)cc1. The quantitative estimate of drug-likeness (QED) is 0.566. The number of H-pyrrole nitrogens is 1. The highest BCUT2D eigenvalue weighted by molar-refractivity contribution is 7.14. The minimum atomic E-state index is -0.366. The van der Waals surface area contributed by atoms with E-state index in [1.165, 1.54) is 29.7 Å². The van der Waals surface area contributed by atoms with Crippen LogP contribution in [-0.2, 0) is 11.2 Å². The lowest BCUT2D eigenvalue weighted by Gasteiger charge is -2.05. The molecular weight excluding hydrogens is 380 g/mol. The van der Waals surface area contributed by atoms with Gasteiger partial charge >= 0.3 is 0 Å². The maximum absolute atomic E-state index is 12.1. The highest BCUT2D eigenvalue weighted by Gasteiger charge is 2.10. The Kier molecular flexibility index (Phi) is 6.18. The molecule has 3 N–H and O–H groups in total. The first-order chi connectivity index (χ1) is 13.5. The van der Waals surface area contributed by atoms with E-state index in [2.05, 4.69) is 20.6 Å². The number of rotatable bonds is 7. The zero-order valence-electron chi connectivity index (χ0n) is 15.0.